The third kappa shape index (κ3) is 6.25. The highest BCUT2D eigenvalue weighted by Gasteiger charge is 2.76. The van der Waals surface area contributed by atoms with Crippen LogP contribution in [0.3, 0.4) is 0 Å². The maximum atomic E-state index is 15.0. The number of likely N-dealkylation sites (tertiary alicyclic amines) is 1. The molecule has 3 unspecified atom stereocenters. The summed E-state index contributed by atoms with van der Waals surface area (Å²) < 4.78 is 4.87. The van der Waals surface area contributed by atoms with E-state index in [1.54, 1.807) is 33.7 Å². The van der Waals surface area contributed by atoms with E-state index in [0.29, 0.717) is 30.0 Å². The number of amides is 2. The molecular formula is C35H40BrClN2O5S. The topological polar surface area (TPSA) is 87.2 Å². The fourth-order valence-electron chi connectivity index (χ4n) is 7.34. The second-order valence-electron chi connectivity index (χ2n) is 12.0. The number of thioether (sulfide) groups is 1. The minimum atomic E-state index is -0.952. The van der Waals surface area contributed by atoms with Gasteiger partial charge in [-0.15, -0.1) is 24.9 Å². The second-order valence-corrected chi connectivity index (χ2v) is 15.2. The van der Waals surface area contributed by atoms with Crippen LogP contribution in [0.15, 0.2) is 73.8 Å². The smallest absolute Gasteiger partial charge is 0.310 e. The number of carbonyl (C=O) groups is 3. The van der Waals surface area contributed by atoms with Gasteiger partial charge in [-0.3, -0.25) is 14.4 Å². The zero-order valence-corrected chi connectivity index (χ0v) is 28.6. The van der Waals surface area contributed by atoms with Crippen molar-refractivity contribution in [1.82, 2.24) is 4.90 Å². The van der Waals surface area contributed by atoms with E-state index < -0.39 is 34.6 Å². The Labute approximate surface area is 283 Å². The molecule has 1 spiro atoms. The number of hydrogen-bond acceptors (Lipinski definition) is 6. The van der Waals surface area contributed by atoms with Gasteiger partial charge in [-0.1, -0.05) is 82.1 Å². The highest BCUT2D eigenvalue weighted by atomic mass is 79.9. The number of rotatable bonds is 14. The van der Waals surface area contributed by atoms with Crippen LogP contribution in [0, 0.1) is 18.8 Å². The summed E-state index contributed by atoms with van der Waals surface area (Å²) in [4.78, 5) is 46.6. The summed E-state index contributed by atoms with van der Waals surface area (Å²) in [6, 6.07) is 13.4. The Kier molecular flexibility index (Phi) is 10.8. The Morgan fingerprint density at radius 2 is 1.96 bits per heavy atom. The monoisotopic (exact) mass is 714 g/mol. The number of aliphatic hydroxyl groups excluding tert-OH is 1. The average molecular weight is 716 g/mol. The average Bonchev–Trinajstić information content (AvgIpc) is 3.62. The number of carbonyl (C=O) groups excluding carboxylic acids is 3. The van der Waals surface area contributed by atoms with Gasteiger partial charge < -0.3 is 19.6 Å². The molecule has 2 amide bonds. The molecule has 2 bridgehead atoms. The Balaban J connectivity index is 1.58. The number of allylic oxidation sites excluding steroid dienone is 1. The van der Waals surface area contributed by atoms with Crippen LogP contribution < -0.4 is 4.90 Å². The molecule has 10 heteroatoms. The van der Waals surface area contributed by atoms with E-state index in [2.05, 4.69) is 29.1 Å². The Morgan fingerprint density at radius 3 is 2.62 bits per heavy atom. The molecule has 0 aliphatic carbocycles. The number of alkyl halides is 1. The second kappa shape index (κ2) is 14.4. The van der Waals surface area contributed by atoms with E-state index in [4.69, 9.17) is 16.3 Å². The molecular weight excluding hydrogens is 676 g/mol. The van der Waals surface area contributed by atoms with Crippen molar-refractivity contribution in [3.63, 3.8) is 0 Å². The number of fused-ring (bicyclic) bond motifs is 1. The minimum absolute atomic E-state index is 0.100. The number of halogens is 2. The highest BCUT2D eigenvalue weighted by molar-refractivity contribution is 9.09. The lowest BCUT2D eigenvalue weighted by Crippen LogP contribution is -2.58. The summed E-state index contributed by atoms with van der Waals surface area (Å²) >= 11 is 12.1. The van der Waals surface area contributed by atoms with Crippen LogP contribution in [0.4, 0.5) is 5.69 Å². The number of para-hydroxylation sites is 1. The maximum absolute atomic E-state index is 15.0. The number of anilines is 1. The molecule has 3 saturated heterocycles. The zero-order valence-electron chi connectivity index (χ0n) is 25.4. The first kappa shape index (κ1) is 33.8. The molecule has 0 radical (unpaired) electrons. The van der Waals surface area contributed by atoms with Crippen molar-refractivity contribution in [2.75, 3.05) is 24.7 Å². The van der Waals surface area contributed by atoms with Gasteiger partial charge in [-0.2, -0.15) is 0 Å². The summed E-state index contributed by atoms with van der Waals surface area (Å²) in [5.74, 6) is -2.48. The lowest BCUT2D eigenvalue weighted by atomic mass is 9.71. The van der Waals surface area contributed by atoms with E-state index in [9.17, 15) is 14.7 Å². The van der Waals surface area contributed by atoms with Gasteiger partial charge in [0.05, 0.1) is 46.5 Å². The van der Waals surface area contributed by atoms with E-state index in [-0.39, 0.29) is 41.6 Å². The lowest BCUT2D eigenvalue weighted by Gasteiger charge is -2.40. The molecule has 3 fully saturated rings. The van der Waals surface area contributed by atoms with Crippen molar-refractivity contribution >= 4 is 62.8 Å². The van der Waals surface area contributed by atoms with Crippen LogP contribution in [0.1, 0.15) is 36.8 Å². The molecule has 2 aromatic rings. The molecule has 45 heavy (non-hydrogen) atoms. The Bertz CT molecular complexity index is 1420. The van der Waals surface area contributed by atoms with Gasteiger partial charge in [0.15, 0.2) is 0 Å². The fraction of sp³-hybridized carbons (Fsp3) is 0.457. The first-order chi connectivity index (χ1) is 21.7. The molecule has 2 aromatic carbocycles. The molecule has 0 saturated carbocycles. The molecule has 240 valence electrons. The quantitative estimate of drug-likeness (QED) is 0.110. The summed E-state index contributed by atoms with van der Waals surface area (Å²) in [7, 11) is 0. The molecule has 5 rings (SSSR count). The summed E-state index contributed by atoms with van der Waals surface area (Å²) in [5, 5.41) is 11.0. The third-order valence-electron chi connectivity index (χ3n) is 9.23. The first-order valence-corrected chi connectivity index (χ1v) is 17.6. The maximum Gasteiger partial charge on any atom is 0.310 e. The number of aliphatic hydroxyl groups is 1. The van der Waals surface area contributed by atoms with Crippen molar-refractivity contribution in [1.29, 1.82) is 0 Å². The number of hydrogen-bond donors (Lipinski definition) is 1. The number of nitrogens with zero attached hydrogens (tertiary/aromatic N) is 2. The fourth-order valence-corrected chi connectivity index (χ4v) is 11.2. The standard InChI is InChI=1S/C35H40BrClN2O5S/c1-4-6-7-11-18-44-34(43)27-28-32(41)39(24(21-40)19-23-14-9-8-10-15-23)31(35(28)20-25(36)30(27)45-35)33(42)38(17-5-2)29-22(3)13-12-16-26(29)37/h4-5,8-10,12-16,24-25,27-28,30-31,40H,1-2,6-7,11,17-21H2,3H3/t24-,25?,27-,28+,30-,31?,35?/m1/s1. The Hall–Kier alpha value is -2.59. The molecule has 7 atom stereocenters. The highest BCUT2D eigenvalue weighted by Crippen LogP contribution is 2.68. The van der Waals surface area contributed by atoms with Crippen molar-refractivity contribution in [2.45, 2.75) is 65.9 Å². The normalized spacial score (nSPS) is 27.2. The van der Waals surface area contributed by atoms with Crippen LogP contribution in [0.5, 0.6) is 0 Å². The van der Waals surface area contributed by atoms with Crippen molar-refractivity contribution in [3.8, 4) is 0 Å². The van der Waals surface area contributed by atoms with Crippen LogP contribution in [0.2, 0.25) is 5.02 Å². The number of unbranched alkanes of at least 4 members (excludes halogenated alkanes) is 2. The SMILES string of the molecule is C=CCCCCOC(=O)[C@H]1[C@@H]2SC3(CC2Br)C(C(=O)N(CC=C)c2c(C)cccc2Cl)N([C@@H](CO)Cc2ccccc2)C(=O)[C@H]13. The predicted molar refractivity (Wildman–Crippen MR) is 184 cm³/mol. The molecule has 7 nitrogen and oxygen atoms in total. The van der Waals surface area contributed by atoms with Crippen molar-refractivity contribution in [3.05, 3.63) is 90.0 Å². The molecule has 3 heterocycles. The molecule has 1 N–H and O–H groups in total. The van der Waals surface area contributed by atoms with E-state index in [1.807, 2.05) is 55.5 Å². The van der Waals surface area contributed by atoms with E-state index in [1.165, 1.54) is 0 Å². The van der Waals surface area contributed by atoms with Crippen LogP contribution in [-0.4, -0.2) is 74.5 Å². The molecule has 0 aromatic heterocycles. The number of esters is 1. The van der Waals surface area contributed by atoms with Gasteiger partial charge in [0.25, 0.3) is 5.91 Å². The number of ether oxygens (including phenoxy) is 1. The summed E-state index contributed by atoms with van der Waals surface area (Å²) in [5.41, 5.74) is 2.30. The zero-order chi connectivity index (χ0) is 32.3. The lowest BCUT2D eigenvalue weighted by molar-refractivity contribution is -0.154. The summed E-state index contributed by atoms with van der Waals surface area (Å²) in [6.07, 6.45) is 6.74. The van der Waals surface area contributed by atoms with Crippen molar-refractivity contribution in [2.24, 2.45) is 11.8 Å². The predicted octanol–water partition coefficient (Wildman–Crippen LogP) is 6.14. The van der Waals surface area contributed by atoms with Gasteiger partial charge >= 0.3 is 5.97 Å². The van der Waals surface area contributed by atoms with E-state index >= 15 is 4.79 Å². The van der Waals surface area contributed by atoms with E-state index in [0.717, 1.165) is 24.0 Å². The van der Waals surface area contributed by atoms with Crippen LogP contribution in [-0.2, 0) is 25.5 Å². The van der Waals surface area contributed by atoms with Crippen LogP contribution in [0.25, 0.3) is 0 Å². The van der Waals surface area contributed by atoms with Crippen molar-refractivity contribution < 1.29 is 24.2 Å². The molecule has 3 aliphatic rings. The van der Waals surface area contributed by atoms with Gasteiger partial charge in [0.2, 0.25) is 5.91 Å². The number of benzene rings is 2. The third-order valence-corrected chi connectivity index (χ3v) is 12.8. The first-order valence-electron chi connectivity index (χ1n) is 15.4. The minimum Gasteiger partial charge on any atom is -0.465 e. The van der Waals surface area contributed by atoms with Gasteiger partial charge in [0, 0.05) is 16.6 Å². The number of aryl methyl sites for hydroxylation is 1. The molecule has 3 aliphatic heterocycles. The van der Waals surface area contributed by atoms with Gasteiger partial charge in [-0.25, -0.2) is 0 Å². The largest absolute Gasteiger partial charge is 0.465 e. The van der Waals surface area contributed by atoms with Gasteiger partial charge in [0.1, 0.15) is 6.04 Å². The van der Waals surface area contributed by atoms with Crippen LogP contribution >= 0.6 is 39.3 Å². The summed E-state index contributed by atoms with van der Waals surface area (Å²) in [6.45, 7) is 9.63. The Morgan fingerprint density at radius 1 is 1.20 bits per heavy atom. The van der Waals surface area contributed by atoms with Gasteiger partial charge in [-0.05, 0) is 56.2 Å².